The minimum atomic E-state index is -0.908. The second-order valence-electron chi connectivity index (χ2n) is 10.3. The first kappa shape index (κ1) is 33.9. The summed E-state index contributed by atoms with van der Waals surface area (Å²) in [5, 5.41) is 0. The van der Waals surface area contributed by atoms with Crippen molar-refractivity contribution in [2.24, 2.45) is 4.99 Å². The number of furan rings is 1. The quantitative estimate of drug-likeness (QED) is 0.159. The molecule has 1 atom stereocenters. The molecule has 0 radical (unpaired) electrons. The van der Waals surface area contributed by atoms with Gasteiger partial charge in [0.25, 0.3) is 5.56 Å². The molecule has 3 heterocycles. The molecule has 5 rings (SSSR count). The molecule has 48 heavy (non-hydrogen) atoms. The first-order valence-electron chi connectivity index (χ1n) is 15.2. The van der Waals surface area contributed by atoms with Crippen molar-refractivity contribution in [2.45, 2.75) is 33.7 Å². The summed E-state index contributed by atoms with van der Waals surface area (Å²) in [5.74, 6) is -0.103. The molecule has 2 aromatic carbocycles. The fourth-order valence-electron chi connectivity index (χ4n) is 5.11. The zero-order valence-electron chi connectivity index (χ0n) is 27.1. The normalized spacial score (nSPS) is 14.2. The van der Waals surface area contributed by atoms with Gasteiger partial charge in [-0.3, -0.25) is 9.36 Å². The Morgan fingerprint density at radius 2 is 1.71 bits per heavy atom. The topological polar surface area (TPSA) is 145 Å². The van der Waals surface area contributed by atoms with E-state index in [4.69, 9.17) is 23.4 Å². The first-order chi connectivity index (χ1) is 23.2. The minimum absolute atomic E-state index is 0.126. The number of carbonyl (C=O) groups is 3. The molecular formula is C35H34N2O10S. The predicted octanol–water partition coefficient (Wildman–Crippen LogP) is 4.19. The summed E-state index contributed by atoms with van der Waals surface area (Å²) in [4.78, 5) is 56.3. The van der Waals surface area contributed by atoms with Crippen LogP contribution in [0.4, 0.5) is 0 Å². The van der Waals surface area contributed by atoms with Crippen molar-refractivity contribution in [1.29, 1.82) is 0 Å². The summed E-state index contributed by atoms with van der Waals surface area (Å²) in [6.45, 7) is 7.27. The summed E-state index contributed by atoms with van der Waals surface area (Å²) in [7, 11) is 1.26. The second kappa shape index (κ2) is 15.0. The Labute approximate surface area is 279 Å². The van der Waals surface area contributed by atoms with Gasteiger partial charge in [0.1, 0.15) is 11.5 Å². The standard InChI is InChI=1S/C35H34N2O10S/c1-6-43-27-17-22(12-14-26(27)46-19-29(38)42-5)31-30(34(41)45-8-3)20(4)36-35-37(31)32(39)28(48-35)18-24-13-15-25(47-24)21-10-9-11-23(16-21)33(40)44-7-2/h9-18,31H,6-8,19H2,1-5H3/b28-18+/t31-/m0/s1. The molecule has 0 unspecified atom stereocenters. The van der Waals surface area contributed by atoms with Crippen LogP contribution in [0.3, 0.4) is 0 Å². The number of thiazole rings is 1. The smallest absolute Gasteiger partial charge is 0.343 e. The van der Waals surface area contributed by atoms with Gasteiger partial charge >= 0.3 is 17.9 Å². The van der Waals surface area contributed by atoms with E-state index in [0.29, 0.717) is 61.3 Å². The molecule has 0 fully saturated rings. The number of nitrogens with zero attached hydrogens (tertiary/aromatic N) is 2. The number of aromatic nitrogens is 1. The van der Waals surface area contributed by atoms with Crippen molar-refractivity contribution >= 4 is 35.3 Å². The van der Waals surface area contributed by atoms with Gasteiger partial charge in [-0.25, -0.2) is 19.4 Å². The molecule has 0 saturated heterocycles. The molecule has 1 aliphatic rings. The first-order valence-corrected chi connectivity index (χ1v) is 16.0. The molecule has 0 aliphatic carbocycles. The Hall–Kier alpha value is -5.43. The molecule has 13 heteroatoms. The van der Waals surface area contributed by atoms with Crippen LogP contribution in [0.5, 0.6) is 11.5 Å². The largest absolute Gasteiger partial charge is 0.490 e. The van der Waals surface area contributed by atoms with Crippen LogP contribution >= 0.6 is 11.3 Å². The van der Waals surface area contributed by atoms with Gasteiger partial charge in [-0.15, -0.1) is 0 Å². The maximum atomic E-state index is 14.1. The van der Waals surface area contributed by atoms with Gasteiger partial charge in [0.05, 0.1) is 54.3 Å². The zero-order chi connectivity index (χ0) is 34.4. The monoisotopic (exact) mass is 674 g/mol. The average molecular weight is 675 g/mol. The molecule has 250 valence electrons. The average Bonchev–Trinajstić information content (AvgIpc) is 3.67. The van der Waals surface area contributed by atoms with Crippen LogP contribution in [0.1, 0.15) is 55.4 Å². The molecule has 0 bridgehead atoms. The third-order valence-electron chi connectivity index (χ3n) is 7.23. The highest BCUT2D eigenvalue weighted by Crippen LogP contribution is 2.36. The van der Waals surface area contributed by atoms with E-state index in [1.54, 1.807) is 88.4 Å². The van der Waals surface area contributed by atoms with Crippen LogP contribution in [-0.2, 0) is 23.8 Å². The summed E-state index contributed by atoms with van der Waals surface area (Å²) >= 11 is 1.15. The van der Waals surface area contributed by atoms with Crippen LogP contribution in [0, 0.1) is 0 Å². The van der Waals surface area contributed by atoms with E-state index < -0.39 is 29.5 Å². The van der Waals surface area contributed by atoms with E-state index in [1.807, 2.05) is 0 Å². The van der Waals surface area contributed by atoms with Gasteiger partial charge < -0.3 is 28.1 Å². The maximum Gasteiger partial charge on any atom is 0.343 e. The van der Waals surface area contributed by atoms with Crippen molar-refractivity contribution in [2.75, 3.05) is 33.5 Å². The van der Waals surface area contributed by atoms with Crippen molar-refractivity contribution in [1.82, 2.24) is 4.57 Å². The molecule has 2 aromatic heterocycles. The van der Waals surface area contributed by atoms with Gasteiger partial charge in [0.2, 0.25) is 0 Å². The Morgan fingerprint density at radius 3 is 2.44 bits per heavy atom. The number of carbonyl (C=O) groups excluding carboxylic acids is 3. The lowest BCUT2D eigenvalue weighted by Crippen LogP contribution is -2.40. The fraction of sp³-hybridized carbons (Fsp3) is 0.286. The van der Waals surface area contributed by atoms with Crippen LogP contribution in [0.25, 0.3) is 17.4 Å². The van der Waals surface area contributed by atoms with Crippen molar-refractivity contribution < 1.29 is 42.5 Å². The maximum absolute atomic E-state index is 14.1. The lowest BCUT2D eigenvalue weighted by Gasteiger charge is -2.25. The molecule has 12 nitrogen and oxygen atoms in total. The number of allylic oxidation sites excluding steroid dienone is 1. The molecule has 0 N–H and O–H groups in total. The summed E-state index contributed by atoms with van der Waals surface area (Å²) in [6, 6.07) is 14.4. The van der Waals surface area contributed by atoms with Crippen molar-refractivity contribution in [3.63, 3.8) is 0 Å². The molecule has 0 spiro atoms. The Bertz CT molecular complexity index is 2070. The van der Waals surface area contributed by atoms with E-state index in [2.05, 4.69) is 9.73 Å². The Balaban J connectivity index is 1.58. The van der Waals surface area contributed by atoms with E-state index in [9.17, 15) is 19.2 Å². The predicted molar refractivity (Wildman–Crippen MR) is 176 cm³/mol. The number of esters is 3. The van der Waals surface area contributed by atoms with E-state index in [0.717, 1.165) is 11.3 Å². The molecule has 0 saturated carbocycles. The molecular weight excluding hydrogens is 640 g/mol. The highest BCUT2D eigenvalue weighted by molar-refractivity contribution is 7.07. The van der Waals surface area contributed by atoms with Crippen LogP contribution in [0.2, 0.25) is 0 Å². The van der Waals surface area contributed by atoms with E-state index in [1.165, 1.54) is 11.7 Å². The summed E-state index contributed by atoms with van der Waals surface area (Å²) < 4.78 is 34.4. The summed E-state index contributed by atoms with van der Waals surface area (Å²) in [5.41, 5.74) is 1.80. The van der Waals surface area contributed by atoms with Crippen molar-refractivity contribution in [3.05, 3.63) is 102 Å². The van der Waals surface area contributed by atoms with Crippen LogP contribution < -0.4 is 24.4 Å². The Kier molecular flexibility index (Phi) is 10.6. The van der Waals surface area contributed by atoms with E-state index in [-0.39, 0.29) is 25.4 Å². The highest BCUT2D eigenvalue weighted by atomic mass is 32.1. The van der Waals surface area contributed by atoms with Crippen LogP contribution in [-0.4, -0.2) is 56.0 Å². The summed E-state index contributed by atoms with van der Waals surface area (Å²) in [6.07, 6.45) is 1.61. The lowest BCUT2D eigenvalue weighted by molar-refractivity contribution is -0.143. The number of hydrogen-bond donors (Lipinski definition) is 0. The number of rotatable bonds is 12. The van der Waals surface area contributed by atoms with Gasteiger partial charge in [-0.05, 0) is 69.7 Å². The van der Waals surface area contributed by atoms with Crippen LogP contribution in [0.15, 0.2) is 80.1 Å². The lowest BCUT2D eigenvalue weighted by atomic mass is 9.95. The highest BCUT2D eigenvalue weighted by Gasteiger charge is 2.34. The molecule has 4 aromatic rings. The molecule has 0 amide bonds. The third kappa shape index (κ3) is 7.10. The van der Waals surface area contributed by atoms with Gasteiger partial charge in [-0.2, -0.15) is 0 Å². The number of benzene rings is 2. The number of ether oxygens (including phenoxy) is 5. The Morgan fingerprint density at radius 1 is 0.938 bits per heavy atom. The zero-order valence-corrected chi connectivity index (χ0v) is 27.9. The van der Waals surface area contributed by atoms with Crippen molar-refractivity contribution in [3.8, 4) is 22.8 Å². The second-order valence-corrected chi connectivity index (χ2v) is 11.3. The van der Waals surface area contributed by atoms with Gasteiger partial charge in [-0.1, -0.05) is 29.5 Å². The fourth-order valence-corrected chi connectivity index (χ4v) is 6.14. The van der Waals surface area contributed by atoms with Gasteiger partial charge in [0.15, 0.2) is 22.9 Å². The third-order valence-corrected chi connectivity index (χ3v) is 8.21. The number of methoxy groups -OCH3 is 1. The number of hydrogen-bond acceptors (Lipinski definition) is 12. The van der Waals surface area contributed by atoms with Gasteiger partial charge in [0, 0.05) is 11.6 Å². The minimum Gasteiger partial charge on any atom is -0.490 e. The SMILES string of the molecule is CCOC(=O)C1=C(C)N=c2s/c(=C/c3ccc(-c4cccc(C(=O)OCC)c4)o3)c(=O)n2[C@H]1c1ccc(OCC(=O)OC)c(OCC)c1. The van der Waals surface area contributed by atoms with E-state index >= 15 is 0 Å². The number of fused-ring (bicyclic) bond motifs is 1. The molecule has 1 aliphatic heterocycles.